The van der Waals surface area contributed by atoms with Gasteiger partial charge in [-0.2, -0.15) is 0 Å². The zero-order chi connectivity index (χ0) is 9.14. The van der Waals surface area contributed by atoms with Gasteiger partial charge in [0, 0.05) is 0 Å². The Hall–Kier alpha value is 0.200. The predicted octanol–water partition coefficient (Wildman–Crippen LogP) is 0.0458. The van der Waals surface area contributed by atoms with E-state index in [1.54, 1.807) is 0 Å². The second-order valence-electron chi connectivity index (χ2n) is 3.23. The van der Waals surface area contributed by atoms with Gasteiger partial charge >= 0.3 is 49.7 Å². The molecule has 0 aromatic carbocycles. The fourth-order valence-electron chi connectivity index (χ4n) is 1.59. The van der Waals surface area contributed by atoms with Crippen molar-refractivity contribution in [3.63, 3.8) is 0 Å². The van der Waals surface area contributed by atoms with Crippen LogP contribution in [0.2, 0.25) is 0 Å². The summed E-state index contributed by atoms with van der Waals surface area (Å²) < 4.78 is 0. The van der Waals surface area contributed by atoms with Gasteiger partial charge in [-0.3, -0.25) is 9.59 Å². The third-order valence-electron chi connectivity index (χ3n) is 2.43. The Kier molecular flexibility index (Phi) is 5.92. The molecule has 0 amide bonds. The molecule has 0 radical (unpaired) electrons. The van der Waals surface area contributed by atoms with Crippen LogP contribution in [0.3, 0.4) is 0 Å². The van der Waals surface area contributed by atoms with E-state index in [1.165, 1.54) is 0 Å². The van der Waals surface area contributed by atoms with Gasteiger partial charge in [0.2, 0.25) is 0 Å². The second kappa shape index (κ2) is 5.83. The molecule has 1 aliphatic carbocycles. The molecule has 1 saturated carbocycles. The quantitative estimate of drug-likeness (QED) is 0.637. The van der Waals surface area contributed by atoms with E-state index in [0.717, 1.165) is 0 Å². The Bertz CT molecular complexity index is 174. The molecule has 72 valence electrons. The molecule has 0 bridgehead atoms. The van der Waals surface area contributed by atoms with Crippen LogP contribution in [0.15, 0.2) is 0 Å². The van der Waals surface area contributed by atoms with Gasteiger partial charge in [-0.15, -0.1) is 0 Å². The Balaban J connectivity index is 0.00000144. The van der Waals surface area contributed by atoms with Crippen molar-refractivity contribution >= 4 is 49.7 Å². The van der Waals surface area contributed by atoms with Crippen LogP contribution in [-0.2, 0) is 9.59 Å². The number of carboxylic acid groups (broad SMARTS) is 2. The molecule has 1 rings (SSSR count). The first-order valence-corrected chi connectivity index (χ1v) is 4.07. The normalized spacial score (nSPS) is 27.4. The zero-order valence-electron chi connectivity index (χ0n) is 6.69. The van der Waals surface area contributed by atoms with Crippen molar-refractivity contribution in [2.75, 3.05) is 0 Å². The van der Waals surface area contributed by atoms with E-state index in [1.807, 2.05) is 0 Å². The number of carboxylic acids is 2. The number of carbonyl (C=O) groups is 2. The summed E-state index contributed by atoms with van der Waals surface area (Å²) in [5.74, 6) is -2.22. The van der Waals surface area contributed by atoms with Gasteiger partial charge in [-0.05, 0) is 25.7 Å². The molecule has 13 heavy (non-hydrogen) atoms. The van der Waals surface area contributed by atoms with Gasteiger partial charge in [0.1, 0.15) is 0 Å². The summed E-state index contributed by atoms with van der Waals surface area (Å²) in [4.78, 5) is 21.0. The van der Waals surface area contributed by atoms with Crippen molar-refractivity contribution in [2.45, 2.75) is 25.7 Å². The molecule has 0 heterocycles. The van der Waals surface area contributed by atoms with Crippen molar-refractivity contribution in [1.82, 2.24) is 0 Å². The van der Waals surface area contributed by atoms with Crippen LogP contribution < -0.4 is 0 Å². The van der Waals surface area contributed by atoms with Crippen LogP contribution >= 0.6 is 0 Å². The Morgan fingerprint density at radius 3 is 1.23 bits per heavy atom. The van der Waals surface area contributed by atoms with Gasteiger partial charge in [0.25, 0.3) is 0 Å². The summed E-state index contributed by atoms with van der Waals surface area (Å²) in [5, 5.41) is 17.2. The van der Waals surface area contributed by atoms with Gasteiger partial charge in [0.15, 0.2) is 0 Å². The summed E-state index contributed by atoms with van der Waals surface area (Å²) in [5.41, 5.74) is 0. The number of rotatable bonds is 2. The molecule has 2 N–H and O–H groups in total. The van der Waals surface area contributed by atoms with E-state index < -0.39 is 11.9 Å². The van der Waals surface area contributed by atoms with Crippen LogP contribution in [0.4, 0.5) is 0 Å². The number of aliphatic carboxylic acids is 2. The summed E-state index contributed by atoms with van der Waals surface area (Å²) in [6.45, 7) is 0. The van der Waals surface area contributed by atoms with Gasteiger partial charge in [0.05, 0.1) is 11.8 Å². The molecule has 1 aliphatic rings. The van der Waals surface area contributed by atoms with Crippen molar-refractivity contribution in [3.05, 3.63) is 0 Å². The van der Waals surface area contributed by atoms with Gasteiger partial charge in [-0.1, -0.05) is 0 Å². The summed E-state index contributed by atoms with van der Waals surface area (Å²) in [6.07, 6.45) is 2.03. The van der Waals surface area contributed by atoms with Crippen molar-refractivity contribution in [1.29, 1.82) is 0 Å². The van der Waals surface area contributed by atoms with E-state index in [0.29, 0.717) is 25.7 Å². The topological polar surface area (TPSA) is 74.6 Å². The maximum atomic E-state index is 10.5. The fourth-order valence-corrected chi connectivity index (χ4v) is 1.59. The molecule has 0 atom stereocenters. The summed E-state index contributed by atoms with van der Waals surface area (Å²) in [7, 11) is 0. The van der Waals surface area contributed by atoms with E-state index in [2.05, 4.69) is 0 Å². The molecular formula is C8H14CaO4. The average molecular weight is 214 g/mol. The molecule has 0 aromatic rings. The zero-order valence-corrected chi connectivity index (χ0v) is 6.69. The second-order valence-corrected chi connectivity index (χ2v) is 3.23. The molecule has 5 heteroatoms. The Labute approximate surface area is 106 Å². The molecule has 0 aliphatic heterocycles. The molecule has 0 saturated heterocycles. The van der Waals surface area contributed by atoms with E-state index in [9.17, 15) is 9.59 Å². The minimum atomic E-state index is -0.793. The minimum absolute atomic E-state index is 0. The van der Waals surface area contributed by atoms with Crippen molar-refractivity contribution in [3.8, 4) is 0 Å². The van der Waals surface area contributed by atoms with Gasteiger partial charge in [-0.25, -0.2) is 0 Å². The molecule has 0 aromatic heterocycles. The van der Waals surface area contributed by atoms with Crippen LogP contribution in [0, 0.1) is 11.8 Å². The van der Waals surface area contributed by atoms with E-state index in [-0.39, 0.29) is 49.6 Å². The van der Waals surface area contributed by atoms with Gasteiger partial charge < -0.3 is 10.2 Å². The molecule has 4 nitrogen and oxygen atoms in total. The molecular weight excluding hydrogens is 200 g/mol. The van der Waals surface area contributed by atoms with Crippen LogP contribution in [0.1, 0.15) is 25.7 Å². The monoisotopic (exact) mass is 214 g/mol. The van der Waals surface area contributed by atoms with Crippen LogP contribution in [0.25, 0.3) is 0 Å². The molecule has 1 fully saturated rings. The first-order chi connectivity index (χ1) is 5.61. The van der Waals surface area contributed by atoms with Crippen molar-refractivity contribution < 1.29 is 19.8 Å². The first-order valence-electron chi connectivity index (χ1n) is 4.07. The Morgan fingerprint density at radius 1 is 0.846 bits per heavy atom. The molecule has 0 unspecified atom stereocenters. The average Bonchev–Trinajstić information content (AvgIpc) is 2.04. The van der Waals surface area contributed by atoms with Crippen LogP contribution in [-0.4, -0.2) is 59.9 Å². The third kappa shape index (κ3) is 3.83. The third-order valence-corrected chi connectivity index (χ3v) is 2.43. The SMILES string of the molecule is O=C(O)C1CCC(C(=O)O)CC1.[CaH2]. The standard InChI is InChI=1S/C8H12O4.Ca.2H/c9-7(10)5-1-2-6(4-3-5)8(11)12;;;/h5-6H,1-4H2,(H,9,10)(H,11,12);;;. The van der Waals surface area contributed by atoms with E-state index >= 15 is 0 Å². The first kappa shape index (κ1) is 13.2. The Morgan fingerprint density at radius 2 is 1.08 bits per heavy atom. The van der Waals surface area contributed by atoms with E-state index in [4.69, 9.17) is 10.2 Å². The maximum absolute atomic E-state index is 10.5. The van der Waals surface area contributed by atoms with Crippen molar-refractivity contribution in [2.24, 2.45) is 11.8 Å². The number of hydrogen-bond donors (Lipinski definition) is 2. The summed E-state index contributed by atoms with van der Waals surface area (Å²) in [6, 6.07) is 0. The number of hydrogen-bond acceptors (Lipinski definition) is 2. The van der Waals surface area contributed by atoms with Crippen LogP contribution in [0.5, 0.6) is 0 Å². The predicted molar refractivity (Wildman–Crippen MR) is 49.3 cm³/mol. The fraction of sp³-hybridized carbons (Fsp3) is 0.750. The molecule has 0 spiro atoms. The summed E-state index contributed by atoms with van der Waals surface area (Å²) >= 11 is 0.